The SMILES string of the molecule is Cc1ccc(NC(=O)CN2C(=O)N[C@](C)(c3cc(F)ccc3F)C2=O)cc1. The Balaban J connectivity index is 1.78. The Hall–Kier alpha value is -3.29. The van der Waals surface area contributed by atoms with Crippen molar-refractivity contribution in [3.8, 4) is 0 Å². The van der Waals surface area contributed by atoms with Gasteiger partial charge in [-0.15, -0.1) is 0 Å². The van der Waals surface area contributed by atoms with Crippen LogP contribution in [0.5, 0.6) is 0 Å². The smallest absolute Gasteiger partial charge is 0.325 e. The molecule has 140 valence electrons. The van der Waals surface area contributed by atoms with Gasteiger partial charge in [0.15, 0.2) is 0 Å². The Kier molecular flexibility index (Phi) is 4.65. The van der Waals surface area contributed by atoms with Gasteiger partial charge in [-0.25, -0.2) is 13.6 Å². The molecule has 0 unspecified atom stereocenters. The van der Waals surface area contributed by atoms with Gasteiger partial charge < -0.3 is 10.6 Å². The fraction of sp³-hybridized carbons (Fsp3) is 0.211. The Bertz CT molecular complexity index is 930. The van der Waals surface area contributed by atoms with E-state index in [1.54, 1.807) is 24.3 Å². The lowest BCUT2D eigenvalue weighted by Gasteiger charge is -2.22. The van der Waals surface area contributed by atoms with Crippen LogP contribution in [0.3, 0.4) is 0 Å². The van der Waals surface area contributed by atoms with E-state index in [0.717, 1.165) is 23.8 Å². The lowest BCUT2D eigenvalue weighted by Crippen LogP contribution is -2.42. The summed E-state index contributed by atoms with van der Waals surface area (Å²) in [7, 11) is 0. The van der Waals surface area contributed by atoms with Gasteiger partial charge >= 0.3 is 6.03 Å². The predicted octanol–water partition coefficient (Wildman–Crippen LogP) is 2.68. The number of hydrogen-bond acceptors (Lipinski definition) is 3. The van der Waals surface area contributed by atoms with Gasteiger partial charge in [0.25, 0.3) is 5.91 Å². The molecule has 0 saturated carbocycles. The van der Waals surface area contributed by atoms with Crippen LogP contribution in [-0.4, -0.2) is 29.3 Å². The number of anilines is 1. The minimum absolute atomic E-state index is 0.303. The second-order valence-electron chi connectivity index (χ2n) is 6.48. The quantitative estimate of drug-likeness (QED) is 0.809. The first kappa shape index (κ1) is 18.5. The van der Waals surface area contributed by atoms with Crippen molar-refractivity contribution >= 4 is 23.5 Å². The monoisotopic (exact) mass is 373 g/mol. The van der Waals surface area contributed by atoms with E-state index >= 15 is 0 Å². The highest BCUT2D eigenvalue weighted by atomic mass is 19.1. The van der Waals surface area contributed by atoms with Crippen LogP contribution >= 0.6 is 0 Å². The Labute approximate surface area is 154 Å². The van der Waals surface area contributed by atoms with E-state index < -0.39 is 41.6 Å². The maximum absolute atomic E-state index is 14.1. The van der Waals surface area contributed by atoms with Crippen molar-refractivity contribution in [2.75, 3.05) is 11.9 Å². The van der Waals surface area contributed by atoms with Gasteiger partial charge in [0.05, 0.1) is 0 Å². The average molecular weight is 373 g/mol. The van der Waals surface area contributed by atoms with Crippen LogP contribution in [0.1, 0.15) is 18.1 Å². The summed E-state index contributed by atoms with van der Waals surface area (Å²) in [6, 6.07) is 8.75. The van der Waals surface area contributed by atoms with Crippen LogP contribution in [0.15, 0.2) is 42.5 Å². The normalized spacial score (nSPS) is 19.2. The number of hydrogen-bond donors (Lipinski definition) is 2. The first-order chi connectivity index (χ1) is 12.7. The van der Waals surface area contributed by atoms with E-state index in [9.17, 15) is 23.2 Å². The predicted molar refractivity (Wildman–Crippen MR) is 93.8 cm³/mol. The molecule has 1 saturated heterocycles. The number of urea groups is 1. The van der Waals surface area contributed by atoms with Gasteiger partial charge in [-0.3, -0.25) is 14.5 Å². The number of rotatable bonds is 4. The number of benzene rings is 2. The van der Waals surface area contributed by atoms with Crippen molar-refractivity contribution < 1.29 is 23.2 Å². The summed E-state index contributed by atoms with van der Waals surface area (Å²) in [5.41, 5.74) is -0.582. The van der Waals surface area contributed by atoms with Gasteiger partial charge in [-0.2, -0.15) is 0 Å². The summed E-state index contributed by atoms with van der Waals surface area (Å²) in [4.78, 5) is 37.8. The first-order valence-electron chi connectivity index (χ1n) is 8.17. The van der Waals surface area contributed by atoms with E-state index in [-0.39, 0.29) is 5.56 Å². The molecule has 1 aliphatic rings. The zero-order valence-corrected chi connectivity index (χ0v) is 14.7. The third kappa shape index (κ3) is 3.51. The minimum atomic E-state index is -1.80. The molecule has 27 heavy (non-hydrogen) atoms. The molecule has 2 aromatic carbocycles. The van der Waals surface area contributed by atoms with Crippen molar-refractivity contribution in [2.45, 2.75) is 19.4 Å². The maximum atomic E-state index is 14.1. The number of halogens is 2. The molecule has 1 heterocycles. The molecule has 2 aromatic rings. The van der Waals surface area contributed by atoms with Crippen LogP contribution < -0.4 is 10.6 Å². The summed E-state index contributed by atoms with van der Waals surface area (Å²) in [6.45, 7) is 2.61. The lowest BCUT2D eigenvalue weighted by molar-refractivity contribution is -0.133. The second kappa shape index (κ2) is 6.79. The Morgan fingerprint density at radius 2 is 1.81 bits per heavy atom. The Morgan fingerprint density at radius 3 is 2.48 bits per heavy atom. The number of nitrogens with one attached hydrogen (secondary N) is 2. The maximum Gasteiger partial charge on any atom is 0.325 e. The number of amides is 4. The summed E-state index contributed by atoms with van der Waals surface area (Å²) in [6.07, 6.45) is 0. The molecule has 0 bridgehead atoms. The summed E-state index contributed by atoms with van der Waals surface area (Å²) >= 11 is 0. The topological polar surface area (TPSA) is 78.5 Å². The van der Waals surface area contributed by atoms with Crippen LogP contribution in [0, 0.1) is 18.6 Å². The molecule has 0 radical (unpaired) electrons. The van der Waals surface area contributed by atoms with Crippen LogP contribution in [0.2, 0.25) is 0 Å². The number of aryl methyl sites for hydroxylation is 1. The third-order valence-corrected chi connectivity index (χ3v) is 4.38. The highest BCUT2D eigenvalue weighted by molar-refractivity contribution is 6.10. The van der Waals surface area contributed by atoms with Gasteiger partial charge in [0, 0.05) is 11.3 Å². The molecule has 2 N–H and O–H groups in total. The molecular formula is C19H17F2N3O3. The summed E-state index contributed by atoms with van der Waals surface area (Å²) in [5, 5.41) is 4.92. The van der Waals surface area contributed by atoms with Crippen molar-refractivity contribution in [1.29, 1.82) is 0 Å². The van der Waals surface area contributed by atoms with Crippen LogP contribution in [0.4, 0.5) is 19.3 Å². The van der Waals surface area contributed by atoms with Crippen molar-refractivity contribution in [1.82, 2.24) is 10.2 Å². The van der Waals surface area contributed by atoms with E-state index in [0.29, 0.717) is 10.6 Å². The van der Waals surface area contributed by atoms with Crippen LogP contribution in [-0.2, 0) is 15.1 Å². The van der Waals surface area contributed by atoms with Crippen LogP contribution in [0.25, 0.3) is 0 Å². The van der Waals surface area contributed by atoms with Gasteiger partial charge in [0.1, 0.15) is 23.7 Å². The van der Waals surface area contributed by atoms with E-state index in [1.165, 1.54) is 6.92 Å². The fourth-order valence-corrected chi connectivity index (χ4v) is 2.88. The summed E-state index contributed by atoms with van der Waals surface area (Å²) < 4.78 is 27.6. The molecule has 4 amide bonds. The second-order valence-corrected chi connectivity index (χ2v) is 6.48. The molecule has 3 rings (SSSR count). The largest absolute Gasteiger partial charge is 0.325 e. The molecule has 8 heteroatoms. The lowest BCUT2D eigenvalue weighted by atomic mass is 9.91. The first-order valence-corrected chi connectivity index (χ1v) is 8.17. The molecule has 0 aliphatic carbocycles. The van der Waals surface area contributed by atoms with Gasteiger partial charge in [0.2, 0.25) is 5.91 Å². The fourth-order valence-electron chi connectivity index (χ4n) is 2.88. The van der Waals surface area contributed by atoms with Gasteiger partial charge in [-0.05, 0) is 44.2 Å². The van der Waals surface area contributed by atoms with E-state index in [4.69, 9.17) is 0 Å². The van der Waals surface area contributed by atoms with E-state index in [1.807, 2.05) is 6.92 Å². The standard InChI is InChI=1S/C19H17F2N3O3/c1-11-3-6-13(7-4-11)22-16(25)10-24-17(26)19(2,23-18(24)27)14-9-12(20)5-8-15(14)21/h3-9H,10H2,1-2H3,(H,22,25)(H,23,27)/t19-/m1/s1. The molecular weight excluding hydrogens is 356 g/mol. The highest BCUT2D eigenvalue weighted by Gasteiger charge is 2.50. The summed E-state index contributed by atoms with van der Waals surface area (Å²) in [5.74, 6) is -3.01. The zero-order chi connectivity index (χ0) is 19.8. The third-order valence-electron chi connectivity index (χ3n) is 4.38. The number of nitrogens with zero attached hydrogens (tertiary/aromatic N) is 1. The number of carbonyl (C=O) groups is 3. The number of carbonyl (C=O) groups excluding carboxylic acids is 3. The average Bonchev–Trinajstić information content (AvgIpc) is 2.83. The highest BCUT2D eigenvalue weighted by Crippen LogP contribution is 2.31. The molecule has 0 aromatic heterocycles. The molecule has 0 spiro atoms. The van der Waals surface area contributed by atoms with Crippen molar-refractivity contribution in [3.63, 3.8) is 0 Å². The van der Waals surface area contributed by atoms with Gasteiger partial charge in [-0.1, -0.05) is 17.7 Å². The number of imide groups is 1. The minimum Gasteiger partial charge on any atom is -0.325 e. The molecule has 1 fully saturated rings. The molecule has 6 nitrogen and oxygen atoms in total. The van der Waals surface area contributed by atoms with Crippen molar-refractivity contribution in [2.24, 2.45) is 0 Å². The molecule has 1 atom stereocenters. The van der Waals surface area contributed by atoms with Crippen molar-refractivity contribution in [3.05, 3.63) is 65.2 Å². The molecule has 1 aliphatic heterocycles. The Morgan fingerprint density at radius 1 is 1.15 bits per heavy atom. The van der Waals surface area contributed by atoms with E-state index in [2.05, 4.69) is 10.6 Å². The zero-order valence-electron chi connectivity index (χ0n) is 14.7.